The van der Waals surface area contributed by atoms with Crippen molar-refractivity contribution in [3.05, 3.63) is 80.9 Å². The molecule has 37 heavy (non-hydrogen) atoms. The molecule has 194 valence electrons. The lowest BCUT2D eigenvalue weighted by Crippen LogP contribution is -2.21. The van der Waals surface area contributed by atoms with E-state index >= 15 is 0 Å². The highest BCUT2D eigenvalue weighted by Crippen LogP contribution is 2.34. The number of ether oxygens (including phenoxy) is 2. The van der Waals surface area contributed by atoms with Gasteiger partial charge in [0.15, 0.2) is 5.82 Å². The van der Waals surface area contributed by atoms with Crippen LogP contribution in [0.2, 0.25) is 0 Å². The molecule has 0 saturated carbocycles. The van der Waals surface area contributed by atoms with Crippen molar-refractivity contribution in [1.82, 2.24) is 14.2 Å². The summed E-state index contributed by atoms with van der Waals surface area (Å²) in [6.45, 7) is 14.4. The summed E-state index contributed by atoms with van der Waals surface area (Å²) < 4.78 is 14.8. The largest absolute Gasteiger partial charge is 0.494 e. The number of rotatable bonds is 9. The van der Waals surface area contributed by atoms with Gasteiger partial charge in [0.1, 0.15) is 5.75 Å². The quantitative estimate of drug-likeness (QED) is 0.271. The first-order chi connectivity index (χ1) is 17.8. The van der Waals surface area contributed by atoms with Crippen LogP contribution in [0.15, 0.2) is 52.4 Å². The smallest absolute Gasteiger partial charge is 0.282 e. The maximum Gasteiger partial charge on any atom is 0.282 e. The number of benzene rings is 2. The predicted octanol–water partition coefficient (Wildman–Crippen LogP) is 5.84. The second kappa shape index (κ2) is 11.1. The van der Waals surface area contributed by atoms with Crippen LogP contribution >= 0.6 is 0 Å². The fraction of sp³-hybridized carbons (Fsp3) is 0.367. The first-order valence-electron chi connectivity index (χ1n) is 12.8. The van der Waals surface area contributed by atoms with E-state index in [1.54, 1.807) is 19.4 Å². The van der Waals surface area contributed by atoms with E-state index in [2.05, 4.69) is 44.4 Å². The molecule has 0 spiro atoms. The molecule has 7 heteroatoms. The van der Waals surface area contributed by atoms with E-state index in [9.17, 15) is 4.79 Å². The lowest BCUT2D eigenvalue weighted by Gasteiger charge is -2.18. The van der Waals surface area contributed by atoms with Crippen molar-refractivity contribution in [2.75, 3.05) is 20.3 Å². The third kappa shape index (κ3) is 5.23. The van der Waals surface area contributed by atoms with E-state index in [1.165, 1.54) is 4.68 Å². The van der Waals surface area contributed by atoms with Gasteiger partial charge in [-0.25, -0.2) is 4.98 Å². The third-order valence-electron chi connectivity index (χ3n) is 6.72. The number of methoxy groups -OCH3 is 1. The first kappa shape index (κ1) is 26.4. The van der Waals surface area contributed by atoms with Crippen LogP contribution in [0.5, 0.6) is 5.75 Å². The van der Waals surface area contributed by atoms with E-state index in [0.29, 0.717) is 29.9 Å². The molecule has 2 aromatic carbocycles. The Balaban J connectivity index is 1.92. The van der Waals surface area contributed by atoms with Crippen molar-refractivity contribution in [1.29, 1.82) is 0 Å². The number of aryl methyl sites for hydroxylation is 2. The normalized spacial score (nSPS) is 11.8. The van der Waals surface area contributed by atoms with Crippen LogP contribution in [0.25, 0.3) is 22.3 Å². The highest BCUT2D eigenvalue weighted by molar-refractivity contribution is 5.83. The molecule has 0 unspecified atom stereocenters. The second-order valence-electron chi connectivity index (χ2n) is 9.58. The zero-order chi connectivity index (χ0) is 26.7. The lowest BCUT2D eigenvalue weighted by molar-refractivity contribution is 0.186. The van der Waals surface area contributed by atoms with Crippen LogP contribution in [-0.2, 0) is 11.3 Å². The summed E-state index contributed by atoms with van der Waals surface area (Å²) in [5.41, 5.74) is 6.48. The Hall–Kier alpha value is -3.71. The van der Waals surface area contributed by atoms with Crippen molar-refractivity contribution in [2.45, 2.75) is 54.0 Å². The molecule has 0 saturated heterocycles. The SMILES string of the molecule is CCOc1cc(C)c(-c2nc3ccccc3c(=O)n2N=Cc2cc(C)n(CCOC)c2C)cc1C(C)C. The summed E-state index contributed by atoms with van der Waals surface area (Å²) in [5.74, 6) is 1.61. The monoisotopic (exact) mass is 500 g/mol. The molecule has 0 amide bonds. The van der Waals surface area contributed by atoms with Crippen LogP contribution in [0, 0.1) is 20.8 Å². The summed E-state index contributed by atoms with van der Waals surface area (Å²) >= 11 is 0. The third-order valence-corrected chi connectivity index (χ3v) is 6.72. The van der Waals surface area contributed by atoms with Gasteiger partial charge in [0.2, 0.25) is 0 Å². The molecule has 0 bridgehead atoms. The molecule has 0 N–H and O–H groups in total. The van der Waals surface area contributed by atoms with Crippen molar-refractivity contribution < 1.29 is 9.47 Å². The molecule has 7 nitrogen and oxygen atoms in total. The van der Waals surface area contributed by atoms with Gasteiger partial charge < -0.3 is 14.0 Å². The maximum absolute atomic E-state index is 13.7. The summed E-state index contributed by atoms with van der Waals surface area (Å²) in [4.78, 5) is 18.6. The Morgan fingerprint density at radius 1 is 1.11 bits per heavy atom. The average molecular weight is 501 g/mol. The van der Waals surface area contributed by atoms with Crippen LogP contribution in [0.4, 0.5) is 0 Å². The van der Waals surface area contributed by atoms with Gasteiger partial charge in [0.05, 0.1) is 30.3 Å². The fourth-order valence-corrected chi connectivity index (χ4v) is 4.68. The first-order valence-corrected chi connectivity index (χ1v) is 12.8. The Kier molecular flexibility index (Phi) is 7.93. The molecular formula is C30H36N4O3. The summed E-state index contributed by atoms with van der Waals surface area (Å²) in [5, 5.41) is 5.24. The van der Waals surface area contributed by atoms with Gasteiger partial charge in [-0.3, -0.25) is 4.79 Å². The van der Waals surface area contributed by atoms with E-state index in [0.717, 1.165) is 45.9 Å². The molecule has 0 radical (unpaired) electrons. The molecule has 2 aromatic heterocycles. The Bertz CT molecular complexity index is 1510. The topological polar surface area (TPSA) is 70.6 Å². The van der Waals surface area contributed by atoms with Crippen LogP contribution in [0.1, 0.15) is 54.8 Å². The molecule has 2 heterocycles. The summed E-state index contributed by atoms with van der Waals surface area (Å²) in [6.07, 6.45) is 1.75. The number of aromatic nitrogens is 3. The molecular weight excluding hydrogens is 464 g/mol. The zero-order valence-corrected chi connectivity index (χ0v) is 22.8. The number of hydrogen-bond donors (Lipinski definition) is 0. The molecule has 0 atom stereocenters. The number of fused-ring (bicyclic) bond motifs is 1. The van der Waals surface area contributed by atoms with Gasteiger partial charge in [-0.1, -0.05) is 26.0 Å². The van der Waals surface area contributed by atoms with Crippen LogP contribution < -0.4 is 10.3 Å². The Labute approximate surface area is 218 Å². The second-order valence-corrected chi connectivity index (χ2v) is 9.58. The van der Waals surface area contributed by atoms with Crippen molar-refractivity contribution >= 4 is 17.1 Å². The zero-order valence-electron chi connectivity index (χ0n) is 22.8. The predicted molar refractivity (Wildman–Crippen MR) is 150 cm³/mol. The van der Waals surface area contributed by atoms with Gasteiger partial charge in [-0.15, -0.1) is 0 Å². The minimum absolute atomic E-state index is 0.204. The standard InChI is InChI=1S/C30H36N4O3/c1-8-37-28-15-20(4)26(17-25(28)19(2)3)29-32-27-12-10-9-11-24(27)30(35)34(29)31-18-23-16-21(5)33(22(23)6)13-14-36-7/h9-12,15-19H,8,13-14H2,1-7H3. The van der Waals surface area contributed by atoms with E-state index in [1.807, 2.05) is 38.1 Å². The molecule has 0 aliphatic heterocycles. The molecule has 4 rings (SSSR count). The van der Waals surface area contributed by atoms with Gasteiger partial charge in [0, 0.05) is 36.2 Å². The van der Waals surface area contributed by atoms with Gasteiger partial charge >= 0.3 is 0 Å². The summed E-state index contributed by atoms with van der Waals surface area (Å²) in [7, 11) is 1.70. The molecule has 0 aliphatic rings. The average Bonchev–Trinajstić information content (AvgIpc) is 3.14. The highest BCUT2D eigenvalue weighted by atomic mass is 16.5. The summed E-state index contributed by atoms with van der Waals surface area (Å²) in [6, 6.07) is 13.6. The molecule has 0 fully saturated rings. The van der Waals surface area contributed by atoms with Gasteiger partial charge in [0.25, 0.3) is 5.56 Å². The van der Waals surface area contributed by atoms with E-state index < -0.39 is 0 Å². The van der Waals surface area contributed by atoms with Crippen molar-refractivity contribution in [3.8, 4) is 17.1 Å². The maximum atomic E-state index is 13.7. The highest BCUT2D eigenvalue weighted by Gasteiger charge is 2.19. The van der Waals surface area contributed by atoms with Crippen LogP contribution in [0.3, 0.4) is 0 Å². The number of para-hydroxylation sites is 1. The van der Waals surface area contributed by atoms with Crippen molar-refractivity contribution in [2.24, 2.45) is 5.10 Å². The van der Waals surface area contributed by atoms with Gasteiger partial charge in [-0.2, -0.15) is 9.78 Å². The minimum atomic E-state index is -0.204. The van der Waals surface area contributed by atoms with Gasteiger partial charge in [-0.05, 0) is 75.1 Å². The van der Waals surface area contributed by atoms with Crippen LogP contribution in [-0.4, -0.2) is 40.8 Å². The molecule has 4 aromatic rings. The van der Waals surface area contributed by atoms with Crippen molar-refractivity contribution in [3.63, 3.8) is 0 Å². The number of hydrogen-bond acceptors (Lipinski definition) is 5. The minimum Gasteiger partial charge on any atom is -0.494 e. The molecule has 0 aliphatic carbocycles. The Morgan fingerprint density at radius 2 is 1.86 bits per heavy atom. The fourth-order valence-electron chi connectivity index (χ4n) is 4.68. The van der Waals surface area contributed by atoms with E-state index in [4.69, 9.17) is 19.6 Å². The van der Waals surface area contributed by atoms with E-state index in [-0.39, 0.29) is 11.5 Å². The number of nitrogens with zero attached hydrogens (tertiary/aromatic N) is 4. The lowest BCUT2D eigenvalue weighted by atomic mass is 9.96. The Morgan fingerprint density at radius 3 is 2.57 bits per heavy atom.